The number of furan rings is 1. The Kier molecular flexibility index (Phi) is 7.54. The second kappa shape index (κ2) is 13.4. The molecular formula is C56H36N2O. The van der Waals surface area contributed by atoms with Gasteiger partial charge in [0.2, 0.25) is 0 Å². The summed E-state index contributed by atoms with van der Waals surface area (Å²) in [4.78, 5) is 2.36. The van der Waals surface area contributed by atoms with Gasteiger partial charge in [0.05, 0.1) is 22.1 Å². The third-order valence-electron chi connectivity index (χ3n) is 12.0. The van der Waals surface area contributed by atoms with Gasteiger partial charge < -0.3 is 13.9 Å². The maximum Gasteiger partial charge on any atom is 0.145 e. The normalized spacial score (nSPS) is 11.7. The van der Waals surface area contributed by atoms with E-state index in [9.17, 15) is 0 Å². The van der Waals surface area contributed by atoms with Crippen molar-refractivity contribution in [2.45, 2.75) is 0 Å². The second-order valence-electron chi connectivity index (χ2n) is 15.3. The zero-order valence-electron chi connectivity index (χ0n) is 32.1. The smallest absolute Gasteiger partial charge is 0.145 e. The molecule has 0 N–H and O–H groups in total. The Labute approximate surface area is 341 Å². The van der Waals surface area contributed by atoms with E-state index < -0.39 is 0 Å². The monoisotopic (exact) mass is 752 g/mol. The molecule has 0 spiro atoms. The number of hydrogen-bond donors (Lipinski definition) is 0. The van der Waals surface area contributed by atoms with Crippen molar-refractivity contribution in [2.24, 2.45) is 0 Å². The maximum atomic E-state index is 6.88. The first-order chi connectivity index (χ1) is 29.3. The van der Waals surface area contributed by atoms with Crippen LogP contribution in [0.15, 0.2) is 223 Å². The molecule has 59 heavy (non-hydrogen) atoms. The fraction of sp³-hybridized carbons (Fsp3) is 0. The van der Waals surface area contributed by atoms with Crippen LogP contribution in [0, 0.1) is 0 Å². The molecule has 0 fully saturated rings. The summed E-state index contributed by atoms with van der Waals surface area (Å²) >= 11 is 0. The number of anilines is 3. The molecule has 0 unspecified atom stereocenters. The molecule has 3 nitrogen and oxygen atoms in total. The van der Waals surface area contributed by atoms with Crippen LogP contribution in [-0.2, 0) is 0 Å². The first-order valence-corrected chi connectivity index (χ1v) is 20.2. The topological polar surface area (TPSA) is 21.3 Å². The SMILES string of the molecule is c1ccc(N(c2ccc(-c3ccc4c(ccc5ccccc54)c3)cc2)c2ccc(-c3cccc(-n4c5ccccc5c5ccccc54)c3)c3oc4ccccc4c23)cc1. The Balaban J connectivity index is 1.00. The van der Waals surface area contributed by atoms with Crippen molar-refractivity contribution in [3.8, 4) is 27.9 Å². The number of nitrogens with zero attached hydrogens (tertiary/aromatic N) is 2. The predicted molar refractivity (Wildman–Crippen MR) is 249 cm³/mol. The molecule has 2 heterocycles. The van der Waals surface area contributed by atoms with Gasteiger partial charge in [-0.15, -0.1) is 0 Å². The summed E-state index contributed by atoms with van der Waals surface area (Å²) in [6.45, 7) is 0. The molecule has 0 aliphatic heterocycles. The van der Waals surface area contributed by atoms with Crippen molar-refractivity contribution in [1.82, 2.24) is 4.57 Å². The van der Waals surface area contributed by atoms with Crippen molar-refractivity contribution >= 4 is 82.4 Å². The Morgan fingerprint density at radius 2 is 1.00 bits per heavy atom. The summed E-state index contributed by atoms with van der Waals surface area (Å²) in [7, 11) is 0. The van der Waals surface area contributed by atoms with Crippen molar-refractivity contribution in [3.05, 3.63) is 218 Å². The van der Waals surface area contributed by atoms with Gasteiger partial charge in [-0.3, -0.25) is 0 Å². The summed E-state index contributed by atoms with van der Waals surface area (Å²) in [6.07, 6.45) is 0. The molecule has 0 saturated carbocycles. The Morgan fingerprint density at radius 3 is 1.80 bits per heavy atom. The van der Waals surface area contributed by atoms with E-state index in [2.05, 4.69) is 228 Å². The van der Waals surface area contributed by atoms with E-state index in [1.807, 2.05) is 0 Å². The first kappa shape index (κ1) is 33.3. The van der Waals surface area contributed by atoms with Crippen LogP contribution in [-0.4, -0.2) is 4.57 Å². The van der Waals surface area contributed by atoms with Crippen LogP contribution < -0.4 is 4.90 Å². The van der Waals surface area contributed by atoms with Crippen LogP contribution in [0.5, 0.6) is 0 Å². The van der Waals surface area contributed by atoms with Gasteiger partial charge in [-0.25, -0.2) is 0 Å². The maximum absolute atomic E-state index is 6.88. The van der Waals surface area contributed by atoms with Crippen LogP contribution in [0.4, 0.5) is 17.1 Å². The summed E-state index contributed by atoms with van der Waals surface area (Å²) < 4.78 is 9.25. The summed E-state index contributed by atoms with van der Waals surface area (Å²) in [6, 6.07) is 78.6. The number of rotatable bonds is 6. The largest absolute Gasteiger partial charge is 0.455 e. The first-order valence-electron chi connectivity index (χ1n) is 20.2. The van der Waals surface area contributed by atoms with Gasteiger partial charge in [0.15, 0.2) is 0 Å². The van der Waals surface area contributed by atoms with Crippen molar-refractivity contribution < 1.29 is 4.42 Å². The van der Waals surface area contributed by atoms with Gasteiger partial charge in [0.1, 0.15) is 11.2 Å². The molecule has 0 saturated heterocycles. The van der Waals surface area contributed by atoms with Gasteiger partial charge in [-0.1, -0.05) is 146 Å². The number of hydrogen-bond acceptors (Lipinski definition) is 2. The van der Waals surface area contributed by atoms with E-state index in [1.54, 1.807) is 0 Å². The van der Waals surface area contributed by atoms with Crippen LogP contribution in [0.1, 0.15) is 0 Å². The molecule has 10 aromatic carbocycles. The summed E-state index contributed by atoms with van der Waals surface area (Å²) in [5.74, 6) is 0. The number of fused-ring (bicyclic) bond motifs is 9. The molecule has 12 aromatic rings. The lowest BCUT2D eigenvalue weighted by molar-refractivity contribution is 0.670. The van der Waals surface area contributed by atoms with E-state index in [1.165, 1.54) is 54.5 Å². The van der Waals surface area contributed by atoms with Gasteiger partial charge >= 0.3 is 0 Å². The summed E-state index contributed by atoms with van der Waals surface area (Å²) in [5.41, 5.74) is 12.9. The fourth-order valence-electron chi connectivity index (χ4n) is 9.24. The Bertz CT molecular complexity index is 3500. The minimum absolute atomic E-state index is 0.863. The predicted octanol–water partition coefficient (Wildman–Crippen LogP) is 15.8. The molecule has 0 amide bonds. The highest BCUT2D eigenvalue weighted by Crippen LogP contribution is 2.47. The molecule has 0 aliphatic rings. The third kappa shape index (κ3) is 5.36. The van der Waals surface area contributed by atoms with Crippen LogP contribution in [0.2, 0.25) is 0 Å². The lowest BCUT2D eigenvalue weighted by Crippen LogP contribution is -2.10. The highest BCUT2D eigenvalue weighted by molar-refractivity contribution is 6.17. The highest BCUT2D eigenvalue weighted by atomic mass is 16.3. The lowest BCUT2D eigenvalue weighted by Gasteiger charge is -2.27. The summed E-state index contributed by atoms with van der Waals surface area (Å²) in [5, 5.41) is 9.72. The van der Waals surface area contributed by atoms with Crippen molar-refractivity contribution in [1.29, 1.82) is 0 Å². The van der Waals surface area contributed by atoms with Gasteiger partial charge in [-0.05, 0) is 111 Å². The Morgan fingerprint density at radius 1 is 0.373 bits per heavy atom. The average molecular weight is 753 g/mol. The quantitative estimate of drug-likeness (QED) is 0.158. The average Bonchev–Trinajstić information content (AvgIpc) is 3.86. The minimum atomic E-state index is 0.863. The molecule has 0 bridgehead atoms. The number of benzene rings is 10. The molecule has 0 radical (unpaired) electrons. The lowest BCUT2D eigenvalue weighted by atomic mass is 9.97. The number of para-hydroxylation sites is 4. The molecular weight excluding hydrogens is 717 g/mol. The minimum Gasteiger partial charge on any atom is -0.455 e. The second-order valence-corrected chi connectivity index (χ2v) is 15.3. The molecule has 3 heteroatoms. The van der Waals surface area contributed by atoms with Crippen LogP contribution in [0.25, 0.3) is 93.2 Å². The van der Waals surface area contributed by atoms with Gasteiger partial charge in [-0.2, -0.15) is 0 Å². The zero-order chi connectivity index (χ0) is 38.9. The molecule has 276 valence electrons. The molecule has 2 aromatic heterocycles. The fourth-order valence-corrected chi connectivity index (χ4v) is 9.24. The van der Waals surface area contributed by atoms with Crippen LogP contribution in [0.3, 0.4) is 0 Å². The van der Waals surface area contributed by atoms with Crippen molar-refractivity contribution in [2.75, 3.05) is 4.90 Å². The van der Waals surface area contributed by atoms with E-state index in [4.69, 9.17) is 4.42 Å². The van der Waals surface area contributed by atoms with E-state index in [0.717, 1.165) is 55.8 Å². The molecule has 0 aliphatic carbocycles. The van der Waals surface area contributed by atoms with Gasteiger partial charge in [0.25, 0.3) is 0 Å². The van der Waals surface area contributed by atoms with Crippen LogP contribution >= 0.6 is 0 Å². The van der Waals surface area contributed by atoms with Crippen molar-refractivity contribution in [3.63, 3.8) is 0 Å². The standard InChI is InChI=1S/C56H36N2O/c1-2-15-42(16-3-1)57(43-30-27-37(28-31-43)39-29-32-46-41(35-39)26-25-38-13-4-5-18-45(38)46)53-34-33-47(56-55(53)50-21-8-11-24-54(50)59-56)40-14-12-17-44(36-40)58-51-22-9-6-19-48(51)49-20-7-10-23-52(49)58/h1-36H. The third-order valence-corrected chi connectivity index (χ3v) is 12.0. The van der Waals surface area contributed by atoms with E-state index in [0.29, 0.717) is 0 Å². The number of aromatic nitrogens is 1. The highest BCUT2D eigenvalue weighted by Gasteiger charge is 2.23. The Hall–Kier alpha value is -7.88. The molecule has 0 atom stereocenters. The zero-order valence-corrected chi connectivity index (χ0v) is 32.1. The van der Waals surface area contributed by atoms with E-state index in [-0.39, 0.29) is 0 Å². The van der Waals surface area contributed by atoms with E-state index >= 15 is 0 Å². The molecule has 12 rings (SSSR count). The van der Waals surface area contributed by atoms with Gasteiger partial charge in [0, 0.05) is 38.8 Å².